The van der Waals surface area contributed by atoms with E-state index in [4.69, 9.17) is 4.74 Å². The fourth-order valence-corrected chi connectivity index (χ4v) is 1.23. The summed E-state index contributed by atoms with van der Waals surface area (Å²) in [6, 6.07) is 6.32. The fourth-order valence-electron chi connectivity index (χ4n) is 1.23. The molecule has 0 spiro atoms. The summed E-state index contributed by atoms with van der Waals surface area (Å²) in [4.78, 5) is 23.0. The molecule has 3 heteroatoms. The van der Waals surface area contributed by atoms with Crippen molar-refractivity contribution in [3.63, 3.8) is 0 Å². The molecule has 1 rings (SSSR count). The van der Waals surface area contributed by atoms with Gasteiger partial charge in [0.05, 0.1) is 5.56 Å². The molecule has 0 N–H and O–H groups in total. The van der Waals surface area contributed by atoms with Gasteiger partial charge in [0.2, 0.25) is 0 Å². The Labute approximate surface area is 101 Å². The lowest BCUT2D eigenvalue weighted by molar-refractivity contribution is 0.00694. The first-order chi connectivity index (χ1) is 7.83. The molecule has 0 amide bonds. The van der Waals surface area contributed by atoms with Gasteiger partial charge >= 0.3 is 5.97 Å². The highest BCUT2D eigenvalue weighted by Gasteiger charge is 2.17. The molecule has 0 heterocycles. The molecule has 0 aliphatic carbocycles. The van der Waals surface area contributed by atoms with E-state index < -0.39 is 11.6 Å². The molecule has 0 unspecified atom stereocenters. The van der Waals surface area contributed by atoms with E-state index in [1.54, 1.807) is 45.0 Å². The van der Waals surface area contributed by atoms with Crippen LogP contribution in [0.2, 0.25) is 0 Å². The molecule has 0 radical (unpaired) electrons. The molecule has 0 aliphatic rings. The van der Waals surface area contributed by atoms with Crippen LogP contribution in [0.4, 0.5) is 0 Å². The molecule has 0 saturated heterocycles. The third kappa shape index (κ3) is 3.87. The van der Waals surface area contributed by atoms with Gasteiger partial charge in [0.1, 0.15) is 5.60 Å². The monoisotopic (exact) mass is 232 g/mol. The van der Waals surface area contributed by atoms with Crippen LogP contribution in [-0.2, 0) is 4.74 Å². The summed E-state index contributed by atoms with van der Waals surface area (Å²) in [5.41, 5.74) is 0.417. The number of hydrogen-bond donors (Lipinski definition) is 0. The molecule has 3 nitrogen and oxygen atoms in total. The molecule has 90 valence electrons. The van der Waals surface area contributed by atoms with E-state index in [0.29, 0.717) is 11.1 Å². The van der Waals surface area contributed by atoms with Gasteiger partial charge in [-0.15, -0.1) is 0 Å². The Morgan fingerprint density at radius 1 is 1.12 bits per heavy atom. The maximum Gasteiger partial charge on any atom is 0.338 e. The van der Waals surface area contributed by atoms with Crippen molar-refractivity contribution in [3.8, 4) is 0 Å². The van der Waals surface area contributed by atoms with Crippen molar-refractivity contribution in [2.75, 3.05) is 0 Å². The van der Waals surface area contributed by atoms with Gasteiger partial charge in [-0.2, -0.15) is 0 Å². The van der Waals surface area contributed by atoms with Gasteiger partial charge in [0, 0.05) is 5.56 Å². The standard InChI is InChI=1S/C14H16O3/c1-5-12(15)10-6-8-11(9-7-10)13(16)17-14(2,3)4/h5-9H,1H2,2-4H3. The van der Waals surface area contributed by atoms with Crippen molar-refractivity contribution in [2.45, 2.75) is 26.4 Å². The van der Waals surface area contributed by atoms with Crippen molar-refractivity contribution in [1.29, 1.82) is 0 Å². The van der Waals surface area contributed by atoms with Gasteiger partial charge in [-0.25, -0.2) is 4.79 Å². The lowest BCUT2D eigenvalue weighted by Gasteiger charge is -2.19. The highest BCUT2D eigenvalue weighted by atomic mass is 16.6. The Morgan fingerprint density at radius 2 is 1.59 bits per heavy atom. The fraction of sp³-hybridized carbons (Fsp3) is 0.286. The number of allylic oxidation sites excluding steroid dienone is 1. The SMILES string of the molecule is C=CC(=O)c1ccc(C(=O)OC(C)(C)C)cc1. The van der Waals surface area contributed by atoms with Crippen LogP contribution in [0, 0.1) is 0 Å². The Balaban J connectivity index is 2.84. The molecule has 1 aromatic carbocycles. The van der Waals surface area contributed by atoms with E-state index in [-0.39, 0.29) is 5.78 Å². The smallest absolute Gasteiger partial charge is 0.338 e. The third-order valence-electron chi connectivity index (χ3n) is 1.99. The molecular weight excluding hydrogens is 216 g/mol. The number of benzene rings is 1. The molecule has 1 aromatic rings. The predicted octanol–water partition coefficient (Wildman–Crippen LogP) is 3.01. The van der Waals surface area contributed by atoms with Crippen LogP contribution in [0.25, 0.3) is 0 Å². The molecule has 0 saturated carbocycles. The Morgan fingerprint density at radius 3 is 2.00 bits per heavy atom. The average Bonchev–Trinajstić information content (AvgIpc) is 2.26. The van der Waals surface area contributed by atoms with Crippen LogP contribution in [0.3, 0.4) is 0 Å². The summed E-state index contributed by atoms with van der Waals surface area (Å²) < 4.78 is 5.21. The van der Waals surface area contributed by atoms with Gasteiger partial charge in [-0.3, -0.25) is 4.79 Å². The van der Waals surface area contributed by atoms with Crippen LogP contribution < -0.4 is 0 Å². The first-order valence-corrected chi connectivity index (χ1v) is 5.33. The van der Waals surface area contributed by atoms with Crippen LogP contribution in [0.15, 0.2) is 36.9 Å². The minimum absolute atomic E-state index is 0.166. The highest BCUT2D eigenvalue weighted by molar-refractivity contribution is 6.04. The van der Waals surface area contributed by atoms with E-state index in [9.17, 15) is 9.59 Å². The normalized spacial score (nSPS) is 10.8. The molecule has 17 heavy (non-hydrogen) atoms. The minimum Gasteiger partial charge on any atom is -0.456 e. The molecule has 0 aromatic heterocycles. The maximum absolute atomic E-state index is 11.7. The minimum atomic E-state index is -0.521. The van der Waals surface area contributed by atoms with E-state index >= 15 is 0 Å². The van der Waals surface area contributed by atoms with Crippen molar-refractivity contribution >= 4 is 11.8 Å². The van der Waals surface area contributed by atoms with Crippen molar-refractivity contribution < 1.29 is 14.3 Å². The Kier molecular flexibility index (Phi) is 3.84. The van der Waals surface area contributed by atoms with Crippen LogP contribution in [0.1, 0.15) is 41.5 Å². The second-order valence-electron chi connectivity index (χ2n) is 4.65. The largest absolute Gasteiger partial charge is 0.456 e. The number of ether oxygens (including phenoxy) is 1. The van der Waals surface area contributed by atoms with Crippen LogP contribution >= 0.6 is 0 Å². The third-order valence-corrected chi connectivity index (χ3v) is 1.99. The summed E-state index contributed by atoms with van der Waals surface area (Å²) in [6.45, 7) is 8.82. The first-order valence-electron chi connectivity index (χ1n) is 5.33. The van der Waals surface area contributed by atoms with Gasteiger partial charge in [0.25, 0.3) is 0 Å². The highest BCUT2D eigenvalue weighted by Crippen LogP contribution is 2.13. The number of ketones is 1. The number of esters is 1. The summed E-state index contributed by atoms with van der Waals surface area (Å²) in [5, 5.41) is 0. The number of hydrogen-bond acceptors (Lipinski definition) is 3. The molecule has 0 atom stereocenters. The molecule has 0 fully saturated rings. The summed E-state index contributed by atoms with van der Waals surface area (Å²) in [7, 11) is 0. The van der Waals surface area contributed by atoms with E-state index in [1.807, 2.05) is 0 Å². The molecular formula is C14H16O3. The number of carbonyl (C=O) groups excluding carboxylic acids is 2. The second kappa shape index (κ2) is 4.95. The van der Waals surface area contributed by atoms with Crippen molar-refractivity contribution in [2.24, 2.45) is 0 Å². The lowest BCUT2D eigenvalue weighted by atomic mass is 10.1. The zero-order chi connectivity index (χ0) is 13.1. The van der Waals surface area contributed by atoms with Gasteiger partial charge < -0.3 is 4.74 Å². The quantitative estimate of drug-likeness (QED) is 0.457. The van der Waals surface area contributed by atoms with Crippen LogP contribution in [-0.4, -0.2) is 17.4 Å². The Bertz CT molecular complexity index is 436. The van der Waals surface area contributed by atoms with Crippen LogP contribution in [0.5, 0.6) is 0 Å². The predicted molar refractivity (Wildman–Crippen MR) is 66.1 cm³/mol. The van der Waals surface area contributed by atoms with E-state index in [0.717, 1.165) is 0 Å². The zero-order valence-electron chi connectivity index (χ0n) is 10.3. The molecule has 0 bridgehead atoms. The Hall–Kier alpha value is -1.90. The summed E-state index contributed by atoms with van der Waals surface area (Å²) in [5.74, 6) is -0.559. The number of rotatable bonds is 3. The first kappa shape index (κ1) is 13.2. The maximum atomic E-state index is 11.7. The summed E-state index contributed by atoms with van der Waals surface area (Å²) in [6.07, 6.45) is 1.24. The lowest BCUT2D eigenvalue weighted by Crippen LogP contribution is -2.23. The van der Waals surface area contributed by atoms with Crippen molar-refractivity contribution in [3.05, 3.63) is 48.0 Å². The summed E-state index contributed by atoms with van der Waals surface area (Å²) >= 11 is 0. The zero-order valence-corrected chi connectivity index (χ0v) is 10.3. The van der Waals surface area contributed by atoms with Gasteiger partial charge in [-0.05, 0) is 39.0 Å². The number of carbonyl (C=O) groups is 2. The second-order valence-corrected chi connectivity index (χ2v) is 4.65. The van der Waals surface area contributed by atoms with Gasteiger partial charge in [0.15, 0.2) is 5.78 Å². The topological polar surface area (TPSA) is 43.4 Å². The van der Waals surface area contributed by atoms with Crippen molar-refractivity contribution in [1.82, 2.24) is 0 Å². The van der Waals surface area contributed by atoms with E-state index in [2.05, 4.69) is 6.58 Å². The van der Waals surface area contributed by atoms with E-state index in [1.165, 1.54) is 6.08 Å². The van der Waals surface area contributed by atoms with Gasteiger partial charge in [-0.1, -0.05) is 18.7 Å². The average molecular weight is 232 g/mol. The molecule has 0 aliphatic heterocycles.